The van der Waals surface area contributed by atoms with E-state index in [1.807, 2.05) is 6.07 Å². The molecule has 0 radical (unpaired) electrons. The first-order valence-corrected chi connectivity index (χ1v) is 10.1. The summed E-state index contributed by atoms with van der Waals surface area (Å²) in [5.74, 6) is 0.418. The minimum Gasteiger partial charge on any atom is -0.496 e. The number of aromatic amines is 1. The first-order chi connectivity index (χ1) is 15.0. The third kappa shape index (κ3) is 4.04. The fourth-order valence-electron chi connectivity index (χ4n) is 3.73. The number of piperazine rings is 1. The third-order valence-corrected chi connectivity index (χ3v) is 5.30. The van der Waals surface area contributed by atoms with Crippen LogP contribution >= 0.6 is 0 Å². The Morgan fingerprint density at radius 2 is 1.94 bits per heavy atom. The van der Waals surface area contributed by atoms with E-state index in [2.05, 4.69) is 15.6 Å². The Bertz CT molecular complexity index is 1140. The lowest BCUT2D eigenvalue weighted by Gasteiger charge is -2.26. The second-order valence-corrected chi connectivity index (χ2v) is 7.31. The largest absolute Gasteiger partial charge is 0.496 e. The smallest absolute Gasteiger partial charge is 0.295 e. The molecule has 3 N–H and O–H groups in total. The molecule has 0 aliphatic carbocycles. The molecule has 1 aliphatic rings. The quantitative estimate of drug-likeness (QED) is 0.410. The molecular formula is C22H24N4O5. The number of nitrogens with zero attached hydrogens (tertiary/aromatic N) is 1. The molecule has 0 bridgehead atoms. The molecule has 1 aliphatic heterocycles. The lowest BCUT2D eigenvalue weighted by atomic mass is 10.0. The SMILES string of the molecule is COc1ccc(-c2ccc(CNC(C)=O)o2)c2[nH]cc(C(=O)C(=O)N3CCNCC3)c12. The van der Waals surface area contributed by atoms with Crippen LogP contribution in [0, 0.1) is 0 Å². The van der Waals surface area contributed by atoms with E-state index in [9.17, 15) is 14.4 Å². The van der Waals surface area contributed by atoms with Gasteiger partial charge in [-0.3, -0.25) is 14.4 Å². The molecule has 1 aromatic carbocycles. The van der Waals surface area contributed by atoms with Crippen molar-refractivity contribution in [3.05, 3.63) is 41.8 Å². The van der Waals surface area contributed by atoms with Crippen molar-refractivity contribution in [1.82, 2.24) is 20.5 Å². The molecular weight excluding hydrogens is 400 g/mol. The maximum atomic E-state index is 13.0. The number of fused-ring (bicyclic) bond motifs is 1. The summed E-state index contributed by atoms with van der Waals surface area (Å²) in [6.07, 6.45) is 1.54. The zero-order chi connectivity index (χ0) is 22.0. The van der Waals surface area contributed by atoms with Gasteiger partial charge in [0.25, 0.3) is 11.7 Å². The molecule has 1 saturated heterocycles. The average molecular weight is 424 g/mol. The summed E-state index contributed by atoms with van der Waals surface area (Å²) in [5.41, 5.74) is 1.62. The first-order valence-electron chi connectivity index (χ1n) is 10.1. The highest BCUT2D eigenvalue weighted by molar-refractivity contribution is 6.45. The van der Waals surface area contributed by atoms with Gasteiger partial charge in [0.1, 0.15) is 17.3 Å². The van der Waals surface area contributed by atoms with Crippen molar-refractivity contribution in [1.29, 1.82) is 0 Å². The minimum atomic E-state index is -0.575. The number of methoxy groups -OCH3 is 1. The molecule has 3 heterocycles. The topological polar surface area (TPSA) is 117 Å². The fourth-order valence-corrected chi connectivity index (χ4v) is 3.73. The summed E-state index contributed by atoms with van der Waals surface area (Å²) in [5, 5.41) is 6.40. The normalized spacial score (nSPS) is 13.9. The molecule has 0 spiro atoms. The zero-order valence-corrected chi connectivity index (χ0v) is 17.4. The summed E-state index contributed by atoms with van der Waals surface area (Å²) in [6, 6.07) is 7.15. The van der Waals surface area contributed by atoms with Gasteiger partial charge in [0.15, 0.2) is 0 Å². The molecule has 0 atom stereocenters. The molecule has 9 nitrogen and oxygen atoms in total. The maximum absolute atomic E-state index is 13.0. The van der Waals surface area contributed by atoms with Gasteiger partial charge >= 0.3 is 0 Å². The number of ether oxygens (including phenoxy) is 1. The number of hydrogen-bond acceptors (Lipinski definition) is 6. The fraction of sp³-hybridized carbons (Fsp3) is 0.318. The lowest BCUT2D eigenvalue weighted by Crippen LogP contribution is -2.48. The molecule has 0 unspecified atom stereocenters. The highest BCUT2D eigenvalue weighted by atomic mass is 16.5. The number of aromatic nitrogens is 1. The maximum Gasteiger partial charge on any atom is 0.295 e. The van der Waals surface area contributed by atoms with E-state index in [4.69, 9.17) is 9.15 Å². The van der Waals surface area contributed by atoms with Crippen molar-refractivity contribution in [2.24, 2.45) is 0 Å². The van der Waals surface area contributed by atoms with Crippen LogP contribution in [-0.2, 0) is 16.1 Å². The lowest BCUT2D eigenvalue weighted by molar-refractivity contribution is -0.127. The van der Waals surface area contributed by atoms with E-state index in [1.54, 1.807) is 29.3 Å². The van der Waals surface area contributed by atoms with Crippen LogP contribution in [-0.4, -0.2) is 60.8 Å². The van der Waals surface area contributed by atoms with E-state index in [0.29, 0.717) is 54.4 Å². The number of rotatable bonds is 6. The van der Waals surface area contributed by atoms with E-state index >= 15 is 0 Å². The van der Waals surface area contributed by atoms with Crippen molar-refractivity contribution in [3.8, 4) is 17.1 Å². The van der Waals surface area contributed by atoms with Crippen LogP contribution in [0.15, 0.2) is 34.9 Å². The molecule has 3 aromatic rings. The van der Waals surface area contributed by atoms with Crippen LogP contribution < -0.4 is 15.4 Å². The molecule has 2 aromatic heterocycles. The number of benzene rings is 1. The van der Waals surface area contributed by atoms with Crippen molar-refractivity contribution >= 4 is 28.5 Å². The van der Waals surface area contributed by atoms with Crippen molar-refractivity contribution < 1.29 is 23.5 Å². The van der Waals surface area contributed by atoms with Crippen molar-refractivity contribution in [2.75, 3.05) is 33.3 Å². The predicted octanol–water partition coefficient (Wildman–Crippen LogP) is 1.69. The van der Waals surface area contributed by atoms with E-state index in [1.165, 1.54) is 14.0 Å². The number of furan rings is 1. The monoisotopic (exact) mass is 424 g/mol. The van der Waals surface area contributed by atoms with Crippen LogP contribution in [0.3, 0.4) is 0 Å². The highest BCUT2D eigenvalue weighted by Gasteiger charge is 2.28. The number of carbonyl (C=O) groups is 3. The van der Waals surface area contributed by atoms with Gasteiger partial charge in [0, 0.05) is 44.9 Å². The second-order valence-electron chi connectivity index (χ2n) is 7.31. The molecule has 162 valence electrons. The van der Waals surface area contributed by atoms with Crippen LogP contribution in [0.2, 0.25) is 0 Å². The van der Waals surface area contributed by atoms with Gasteiger partial charge in [0.05, 0.1) is 30.1 Å². The first kappa shape index (κ1) is 20.7. The molecule has 31 heavy (non-hydrogen) atoms. The molecule has 4 rings (SSSR count). The van der Waals surface area contributed by atoms with Gasteiger partial charge in [-0.05, 0) is 24.3 Å². The minimum absolute atomic E-state index is 0.147. The van der Waals surface area contributed by atoms with Gasteiger partial charge < -0.3 is 29.7 Å². The Morgan fingerprint density at radius 3 is 2.65 bits per heavy atom. The molecule has 2 amide bonds. The molecule has 1 fully saturated rings. The Hall–Kier alpha value is -3.59. The van der Waals surface area contributed by atoms with Gasteiger partial charge in [0.2, 0.25) is 5.91 Å². The number of carbonyl (C=O) groups excluding carboxylic acids is 3. The number of Topliss-reactive ketones (excluding diaryl/α,β-unsaturated/α-hetero) is 1. The summed E-state index contributed by atoms with van der Waals surface area (Å²) in [4.78, 5) is 41.6. The highest BCUT2D eigenvalue weighted by Crippen LogP contribution is 2.37. The van der Waals surface area contributed by atoms with Crippen LogP contribution in [0.1, 0.15) is 23.0 Å². The van der Waals surface area contributed by atoms with Crippen LogP contribution in [0.25, 0.3) is 22.2 Å². The van der Waals surface area contributed by atoms with Crippen molar-refractivity contribution in [3.63, 3.8) is 0 Å². The van der Waals surface area contributed by atoms with Gasteiger partial charge in [-0.2, -0.15) is 0 Å². The summed E-state index contributed by atoms with van der Waals surface area (Å²) in [7, 11) is 1.52. The third-order valence-electron chi connectivity index (χ3n) is 5.30. The Labute approximate surface area is 178 Å². The van der Waals surface area contributed by atoms with E-state index < -0.39 is 11.7 Å². The number of hydrogen-bond donors (Lipinski definition) is 3. The number of ketones is 1. The zero-order valence-electron chi connectivity index (χ0n) is 17.4. The van der Waals surface area contributed by atoms with Gasteiger partial charge in [-0.25, -0.2) is 0 Å². The Morgan fingerprint density at radius 1 is 1.16 bits per heavy atom. The Kier molecular flexibility index (Phi) is 5.77. The van der Waals surface area contributed by atoms with Crippen LogP contribution in [0.5, 0.6) is 5.75 Å². The molecule has 0 saturated carbocycles. The van der Waals surface area contributed by atoms with E-state index in [-0.39, 0.29) is 18.0 Å². The summed E-state index contributed by atoms with van der Waals surface area (Å²) in [6.45, 7) is 4.05. The van der Waals surface area contributed by atoms with Gasteiger partial charge in [-0.15, -0.1) is 0 Å². The second kappa shape index (κ2) is 8.65. The standard InChI is InChI=1S/C22H24N4O5/c1-13(27)24-11-14-3-5-17(31-14)15-4-6-18(30-2)19-16(12-25-20(15)19)21(28)22(29)26-9-7-23-8-10-26/h3-6,12,23,25H,7-11H2,1-2H3,(H,24,27). The van der Waals surface area contributed by atoms with Crippen molar-refractivity contribution in [2.45, 2.75) is 13.5 Å². The average Bonchev–Trinajstić information content (AvgIpc) is 3.44. The molecule has 9 heteroatoms. The predicted molar refractivity (Wildman–Crippen MR) is 114 cm³/mol. The number of amides is 2. The number of H-pyrrole nitrogens is 1. The number of nitrogens with one attached hydrogen (secondary N) is 3. The Balaban J connectivity index is 1.70. The van der Waals surface area contributed by atoms with E-state index in [0.717, 1.165) is 5.56 Å². The van der Waals surface area contributed by atoms with Gasteiger partial charge in [-0.1, -0.05) is 0 Å². The van der Waals surface area contributed by atoms with Crippen LogP contribution in [0.4, 0.5) is 0 Å². The summed E-state index contributed by atoms with van der Waals surface area (Å²) >= 11 is 0. The summed E-state index contributed by atoms with van der Waals surface area (Å²) < 4.78 is 11.3.